The van der Waals surface area contributed by atoms with E-state index in [1.165, 1.54) is 18.2 Å². The molecule has 0 saturated heterocycles. The van der Waals surface area contributed by atoms with E-state index in [0.717, 1.165) is 0 Å². The number of benzene rings is 1. The molecule has 0 N–H and O–H groups in total. The summed E-state index contributed by atoms with van der Waals surface area (Å²) in [6.07, 6.45) is 0. The van der Waals surface area contributed by atoms with Crippen LogP contribution in [0.5, 0.6) is 0 Å². The summed E-state index contributed by atoms with van der Waals surface area (Å²) in [4.78, 5) is 9.94. The number of hydrogen-bond acceptors (Lipinski definition) is 3. The van der Waals surface area contributed by atoms with Gasteiger partial charge < -0.3 is 0 Å². The van der Waals surface area contributed by atoms with E-state index >= 15 is 0 Å². The molecule has 0 amide bonds. The highest BCUT2D eigenvalue weighted by Crippen LogP contribution is 2.24. The van der Waals surface area contributed by atoms with Crippen molar-refractivity contribution in [1.82, 2.24) is 0 Å². The van der Waals surface area contributed by atoms with Gasteiger partial charge in [-0.3, -0.25) is 10.1 Å². The first-order chi connectivity index (χ1) is 6.66. The van der Waals surface area contributed by atoms with Crippen molar-refractivity contribution in [2.45, 2.75) is 0 Å². The summed E-state index contributed by atoms with van der Waals surface area (Å²) in [5, 5.41) is 18.9. The van der Waals surface area contributed by atoms with E-state index in [0.29, 0.717) is 0 Å². The Kier molecular flexibility index (Phi) is 3.06. The third-order valence-corrected chi connectivity index (χ3v) is 1.75. The van der Waals surface area contributed by atoms with Crippen LogP contribution in [0, 0.1) is 33.3 Å². The van der Waals surface area contributed by atoms with Crippen molar-refractivity contribution >= 4 is 17.3 Å². The Morgan fingerprint density at radius 3 is 2.79 bits per heavy atom. The largest absolute Gasteiger partial charge is 0.286 e. The Balaban J connectivity index is 3.38. The first-order valence-corrected chi connectivity index (χ1v) is 3.87. The minimum atomic E-state index is -0.590. The van der Waals surface area contributed by atoms with Gasteiger partial charge in [0.05, 0.1) is 9.95 Å². The molecule has 0 spiro atoms. The fraction of sp³-hybridized carbons (Fsp3) is 0. The first kappa shape index (κ1) is 10.0. The number of halogens is 1. The molecule has 1 aromatic rings. The molecule has 0 aliphatic carbocycles. The predicted molar refractivity (Wildman–Crippen MR) is 50.6 cm³/mol. The molecule has 1 rings (SSSR count). The van der Waals surface area contributed by atoms with Crippen molar-refractivity contribution < 1.29 is 4.92 Å². The van der Waals surface area contributed by atoms with Gasteiger partial charge >= 0.3 is 0 Å². The summed E-state index contributed by atoms with van der Waals surface area (Å²) in [5.41, 5.74) is -0.124. The van der Waals surface area contributed by atoms with Gasteiger partial charge in [-0.15, -0.1) is 0 Å². The summed E-state index contributed by atoms with van der Waals surface area (Å²) >= 11 is 5.69. The summed E-state index contributed by atoms with van der Waals surface area (Å²) in [5.74, 6) is 4.40. The van der Waals surface area contributed by atoms with Crippen molar-refractivity contribution in [2.24, 2.45) is 0 Å². The van der Waals surface area contributed by atoms with Crippen LogP contribution >= 0.6 is 11.6 Å². The maximum absolute atomic E-state index is 10.5. The maximum Gasteiger partial charge on any atom is 0.286 e. The molecule has 0 aliphatic heterocycles. The second-order valence-corrected chi connectivity index (χ2v) is 2.66. The second kappa shape index (κ2) is 4.27. The van der Waals surface area contributed by atoms with Gasteiger partial charge in [-0.05, 0) is 12.0 Å². The number of nitro groups is 1. The molecule has 0 radical (unpaired) electrons. The van der Waals surface area contributed by atoms with Crippen molar-refractivity contribution in [3.63, 3.8) is 0 Å². The molecular weight excluding hydrogens is 204 g/mol. The van der Waals surface area contributed by atoms with Gasteiger partial charge in [0.2, 0.25) is 0 Å². The third-order valence-electron chi connectivity index (χ3n) is 1.43. The predicted octanol–water partition coefficient (Wildman–Crippen LogP) is 2.12. The van der Waals surface area contributed by atoms with E-state index in [-0.39, 0.29) is 16.3 Å². The molecule has 1 aromatic carbocycles. The van der Waals surface area contributed by atoms with Crippen LogP contribution in [0.15, 0.2) is 18.2 Å². The number of nitriles is 1. The SMILES string of the molecule is N#CC#Cc1c(Cl)cccc1[N+](=O)[O-]. The van der Waals surface area contributed by atoms with E-state index in [1.54, 1.807) is 6.07 Å². The molecule has 68 valence electrons. The lowest BCUT2D eigenvalue weighted by Gasteiger charge is -1.96. The molecule has 5 heteroatoms. The lowest BCUT2D eigenvalue weighted by Crippen LogP contribution is -1.92. The molecule has 4 nitrogen and oxygen atoms in total. The monoisotopic (exact) mass is 206 g/mol. The van der Waals surface area contributed by atoms with Gasteiger partial charge in [-0.2, -0.15) is 5.26 Å². The minimum absolute atomic E-state index is 0.0701. The Hall–Kier alpha value is -2.04. The van der Waals surface area contributed by atoms with E-state index in [2.05, 4.69) is 11.8 Å². The lowest BCUT2D eigenvalue weighted by molar-refractivity contribution is -0.385. The van der Waals surface area contributed by atoms with Crippen LogP contribution in [-0.2, 0) is 0 Å². The molecule has 0 aromatic heterocycles. The summed E-state index contributed by atoms with van der Waals surface area (Å²) in [6.45, 7) is 0. The Bertz CT molecular complexity index is 480. The van der Waals surface area contributed by atoms with Crippen LogP contribution in [0.1, 0.15) is 5.56 Å². The van der Waals surface area contributed by atoms with Crippen LogP contribution in [0.4, 0.5) is 5.69 Å². The number of hydrogen-bond donors (Lipinski definition) is 0. The molecule has 0 bridgehead atoms. The third kappa shape index (κ3) is 2.01. The number of nitro benzene ring substituents is 1. The lowest BCUT2D eigenvalue weighted by atomic mass is 10.2. The van der Waals surface area contributed by atoms with Crippen LogP contribution in [-0.4, -0.2) is 4.92 Å². The fourth-order valence-corrected chi connectivity index (χ4v) is 1.10. The summed E-state index contributed by atoms with van der Waals surface area (Å²) < 4.78 is 0. The van der Waals surface area contributed by atoms with E-state index < -0.39 is 4.92 Å². The molecule has 0 atom stereocenters. The van der Waals surface area contributed by atoms with Crippen molar-refractivity contribution in [3.8, 4) is 17.9 Å². The average molecular weight is 207 g/mol. The Labute approximate surface area is 84.9 Å². The van der Waals surface area contributed by atoms with E-state index in [9.17, 15) is 10.1 Å². The van der Waals surface area contributed by atoms with E-state index in [1.807, 2.05) is 0 Å². The van der Waals surface area contributed by atoms with Gasteiger partial charge in [0.15, 0.2) is 6.07 Å². The van der Waals surface area contributed by atoms with Crippen LogP contribution in [0.25, 0.3) is 0 Å². The highest BCUT2D eigenvalue weighted by atomic mass is 35.5. The minimum Gasteiger partial charge on any atom is -0.258 e. The van der Waals surface area contributed by atoms with Crippen molar-refractivity contribution in [2.75, 3.05) is 0 Å². The number of rotatable bonds is 1. The van der Waals surface area contributed by atoms with Crippen LogP contribution in [0.3, 0.4) is 0 Å². The molecule has 0 saturated carbocycles. The van der Waals surface area contributed by atoms with Crippen LogP contribution in [0.2, 0.25) is 5.02 Å². The normalized spacial score (nSPS) is 8.29. The summed E-state index contributed by atoms with van der Waals surface area (Å²) in [7, 11) is 0. The van der Waals surface area contributed by atoms with Gasteiger partial charge in [-0.25, -0.2) is 0 Å². The van der Waals surface area contributed by atoms with Gasteiger partial charge in [0, 0.05) is 12.0 Å². The van der Waals surface area contributed by atoms with Gasteiger partial charge in [-0.1, -0.05) is 17.7 Å². The van der Waals surface area contributed by atoms with Gasteiger partial charge in [0.1, 0.15) is 5.56 Å². The van der Waals surface area contributed by atoms with Crippen molar-refractivity contribution in [3.05, 3.63) is 38.9 Å². The van der Waals surface area contributed by atoms with E-state index in [4.69, 9.17) is 16.9 Å². The molecule has 14 heavy (non-hydrogen) atoms. The summed E-state index contributed by atoms with van der Waals surface area (Å²) in [6, 6.07) is 5.79. The average Bonchev–Trinajstić information content (AvgIpc) is 2.15. The molecule has 0 aliphatic rings. The zero-order chi connectivity index (χ0) is 10.6. The van der Waals surface area contributed by atoms with Crippen molar-refractivity contribution in [1.29, 1.82) is 5.26 Å². The highest BCUT2D eigenvalue weighted by Gasteiger charge is 2.14. The molecule has 0 heterocycles. The highest BCUT2D eigenvalue weighted by molar-refractivity contribution is 6.32. The quantitative estimate of drug-likeness (QED) is 0.402. The molecule has 0 unspecified atom stereocenters. The smallest absolute Gasteiger partial charge is 0.258 e. The Morgan fingerprint density at radius 2 is 2.21 bits per heavy atom. The van der Waals surface area contributed by atoms with Gasteiger partial charge in [0.25, 0.3) is 5.69 Å². The Morgan fingerprint density at radius 1 is 1.50 bits per heavy atom. The zero-order valence-electron chi connectivity index (χ0n) is 6.82. The fourth-order valence-electron chi connectivity index (χ4n) is 0.879. The first-order valence-electron chi connectivity index (χ1n) is 3.50. The topological polar surface area (TPSA) is 66.9 Å². The maximum atomic E-state index is 10.5. The molecule has 0 fully saturated rings. The van der Waals surface area contributed by atoms with Crippen LogP contribution < -0.4 is 0 Å². The number of nitrogens with zero attached hydrogens (tertiary/aromatic N) is 2. The zero-order valence-corrected chi connectivity index (χ0v) is 7.58. The molecular formula is C9H3ClN2O2. The second-order valence-electron chi connectivity index (χ2n) is 2.25. The standard InChI is InChI=1S/C9H3ClN2O2/c10-8-4-1-5-9(12(13)14)7(8)3-2-6-11/h1,4-5H.